The lowest BCUT2D eigenvalue weighted by atomic mass is 9.86. The number of carbonyl (C=O) groups excluding carboxylic acids is 1. The van der Waals surface area contributed by atoms with Crippen molar-refractivity contribution in [3.05, 3.63) is 22.6 Å². The lowest BCUT2D eigenvalue weighted by Gasteiger charge is -2.27. The third-order valence-electron chi connectivity index (χ3n) is 3.18. The average molecular weight is 267 g/mol. The topological polar surface area (TPSA) is 79.5 Å². The van der Waals surface area contributed by atoms with Crippen LogP contribution in [0.4, 0.5) is 0 Å². The number of furan rings is 1. The van der Waals surface area contributed by atoms with E-state index >= 15 is 0 Å². The fourth-order valence-electron chi connectivity index (χ4n) is 1.98. The van der Waals surface area contributed by atoms with Gasteiger partial charge in [0.15, 0.2) is 0 Å². The molecule has 0 aromatic carbocycles. The first kappa shape index (κ1) is 15.3. The average Bonchev–Trinajstić information content (AvgIpc) is 2.47. The molecule has 0 fully saturated rings. The molecule has 1 atom stereocenters. The zero-order valence-electron chi connectivity index (χ0n) is 12.2. The highest BCUT2D eigenvalue weighted by atomic mass is 16.4. The maximum Gasteiger partial charge on any atom is 0.326 e. The molecule has 1 aromatic heterocycles. The molecule has 0 aliphatic carbocycles. The second-order valence-electron chi connectivity index (χ2n) is 5.83. The Balaban J connectivity index is 3.05. The molecule has 1 aromatic rings. The van der Waals surface area contributed by atoms with E-state index in [1.807, 2.05) is 0 Å². The van der Waals surface area contributed by atoms with Gasteiger partial charge in [-0.25, -0.2) is 4.79 Å². The summed E-state index contributed by atoms with van der Waals surface area (Å²) in [6, 6.07) is -0.950. The molecule has 0 spiro atoms. The first-order valence-electron chi connectivity index (χ1n) is 6.16. The predicted octanol–water partition coefficient (Wildman–Crippen LogP) is 2.43. The number of carbonyl (C=O) groups is 2. The van der Waals surface area contributed by atoms with E-state index in [0.717, 1.165) is 5.56 Å². The first-order chi connectivity index (χ1) is 8.55. The fourth-order valence-corrected chi connectivity index (χ4v) is 1.98. The van der Waals surface area contributed by atoms with Crippen LogP contribution in [0.2, 0.25) is 0 Å². The summed E-state index contributed by atoms with van der Waals surface area (Å²) in [6.45, 7) is 10.6. The van der Waals surface area contributed by atoms with E-state index in [4.69, 9.17) is 4.42 Å². The predicted molar refractivity (Wildman–Crippen MR) is 71.3 cm³/mol. The van der Waals surface area contributed by atoms with Crippen LogP contribution in [0.25, 0.3) is 0 Å². The Morgan fingerprint density at radius 3 is 2.00 bits per heavy atom. The van der Waals surface area contributed by atoms with Gasteiger partial charge in [-0.1, -0.05) is 20.8 Å². The van der Waals surface area contributed by atoms with Gasteiger partial charge in [0.1, 0.15) is 17.6 Å². The maximum absolute atomic E-state index is 12.2. The van der Waals surface area contributed by atoms with Crippen molar-refractivity contribution in [1.82, 2.24) is 5.32 Å². The van der Waals surface area contributed by atoms with Gasteiger partial charge in [0.2, 0.25) is 0 Å². The molecule has 106 valence electrons. The lowest BCUT2D eigenvalue weighted by molar-refractivity contribution is -0.142. The van der Waals surface area contributed by atoms with Crippen molar-refractivity contribution in [2.75, 3.05) is 0 Å². The van der Waals surface area contributed by atoms with Crippen molar-refractivity contribution in [3.63, 3.8) is 0 Å². The first-order valence-corrected chi connectivity index (χ1v) is 6.16. The van der Waals surface area contributed by atoms with Gasteiger partial charge in [-0.15, -0.1) is 0 Å². The lowest BCUT2D eigenvalue weighted by Crippen LogP contribution is -2.49. The smallest absolute Gasteiger partial charge is 0.326 e. The molecule has 0 saturated carbocycles. The SMILES string of the molecule is Cc1oc(C)c(C(=O)N[C@@H](C(=O)O)C(C)(C)C)c1C. The summed E-state index contributed by atoms with van der Waals surface area (Å²) in [5, 5.41) is 11.8. The Hall–Kier alpha value is -1.78. The van der Waals surface area contributed by atoms with Crippen LogP contribution in [0.15, 0.2) is 4.42 Å². The zero-order valence-corrected chi connectivity index (χ0v) is 12.2. The van der Waals surface area contributed by atoms with Gasteiger partial charge >= 0.3 is 5.97 Å². The highest BCUT2D eigenvalue weighted by Gasteiger charge is 2.34. The molecule has 5 nitrogen and oxygen atoms in total. The van der Waals surface area contributed by atoms with Gasteiger partial charge in [-0.05, 0) is 26.2 Å². The molecule has 5 heteroatoms. The van der Waals surface area contributed by atoms with Gasteiger partial charge in [0.05, 0.1) is 5.56 Å². The normalized spacial score (nSPS) is 13.2. The van der Waals surface area contributed by atoms with Crippen LogP contribution in [-0.2, 0) is 4.79 Å². The number of carboxylic acids is 1. The molecule has 1 amide bonds. The molecular formula is C14H21NO4. The largest absolute Gasteiger partial charge is 0.480 e. The van der Waals surface area contributed by atoms with E-state index < -0.39 is 23.3 Å². The number of hydrogen-bond donors (Lipinski definition) is 2. The van der Waals surface area contributed by atoms with Gasteiger partial charge < -0.3 is 14.8 Å². The Morgan fingerprint density at radius 2 is 1.68 bits per heavy atom. The van der Waals surface area contributed by atoms with Crippen LogP contribution >= 0.6 is 0 Å². The Kier molecular flexibility index (Phi) is 4.08. The number of hydrogen-bond acceptors (Lipinski definition) is 3. The number of aliphatic carboxylic acids is 1. The summed E-state index contributed by atoms with van der Waals surface area (Å²) in [4.78, 5) is 23.5. The molecule has 1 heterocycles. The van der Waals surface area contributed by atoms with Crippen molar-refractivity contribution < 1.29 is 19.1 Å². The summed E-state index contributed by atoms with van der Waals surface area (Å²) >= 11 is 0. The number of aryl methyl sites for hydroxylation is 2. The molecule has 0 aliphatic heterocycles. The van der Waals surface area contributed by atoms with E-state index in [2.05, 4.69) is 5.32 Å². The summed E-state index contributed by atoms with van der Waals surface area (Å²) in [5.74, 6) is -0.277. The second-order valence-corrected chi connectivity index (χ2v) is 5.83. The molecule has 19 heavy (non-hydrogen) atoms. The molecule has 0 saturated heterocycles. The number of amides is 1. The molecule has 1 rings (SSSR count). The molecular weight excluding hydrogens is 246 g/mol. The van der Waals surface area contributed by atoms with E-state index in [-0.39, 0.29) is 0 Å². The van der Waals surface area contributed by atoms with Crippen LogP contribution in [0.3, 0.4) is 0 Å². The van der Waals surface area contributed by atoms with Crippen LogP contribution in [-0.4, -0.2) is 23.0 Å². The molecule has 0 unspecified atom stereocenters. The van der Waals surface area contributed by atoms with E-state index in [0.29, 0.717) is 17.1 Å². The van der Waals surface area contributed by atoms with Crippen molar-refractivity contribution >= 4 is 11.9 Å². The van der Waals surface area contributed by atoms with Crippen molar-refractivity contribution in [2.45, 2.75) is 47.6 Å². The second kappa shape index (κ2) is 5.07. The fraction of sp³-hybridized carbons (Fsp3) is 0.571. The van der Waals surface area contributed by atoms with Crippen molar-refractivity contribution in [3.8, 4) is 0 Å². The van der Waals surface area contributed by atoms with E-state index in [1.165, 1.54) is 0 Å². The van der Waals surface area contributed by atoms with Gasteiger partial charge in [0, 0.05) is 5.56 Å². The van der Waals surface area contributed by atoms with Gasteiger partial charge in [-0.3, -0.25) is 4.79 Å². The monoisotopic (exact) mass is 267 g/mol. The number of rotatable bonds is 3. The van der Waals surface area contributed by atoms with Gasteiger partial charge in [-0.2, -0.15) is 0 Å². The standard InChI is InChI=1S/C14H21NO4/c1-7-8(2)19-9(3)10(7)12(16)15-11(13(17)18)14(4,5)6/h11H,1-6H3,(H,15,16)(H,17,18)/t11-/m0/s1. The molecule has 0 bridgehead atoms. The Labute approximate surface area is 113 Å². The quantitative estimate of drug-likeness (QED) is 0.881. The maximum atomic E-state index is 12.2. The summed E-state index contributed by atoms with van der Waals surface area (Å²) in [5.41, 5.74) is 0.600. The molecule has 2 N–H and O–H groups in total. The zero-order chi connectivity index (χ0) is 15.0. The van der Waals surface area contributed by atoms with Crippen molar-refractivity contribution in [2.24, 2.45) is 5.41 Å². The summed E-state index contributed by atoms with van der Waals surface area (Å²) in [7, 11) is 0. The Morgan fingerprint density at radius 1 is 1.16 bits per heavy atom. The third-order valence-corrected chi connectivity index (χ3v) is 3.18. The highest BCUT2D eigenvalue weighted by molar-refractivity contribution is 5.99. The molecule has 0 aliphatic rings. The van der Waals surface area contributed by atoms with Crippen molar-refractivity contribution in [1.29, 1.82) is 0 Å². The minimum Gasteiger partial charge on any atom is -0.480 e. The van der Waals surface area contributed by atoms with E-state index in [1.54, 1.807) is 41.5 Å². The number of nitrogens with one attached hydrogen (secondary N) is 1. The van der Waals surface area contributed by atoms with Crippen LogP contribution in [0, 0.1) is 26.2 Å². The van der Waals surface area contributed by atoms with Crippen LogP contribution in [0.5, 0.6) is 0 Å². The van der Waals surface area contributed by atoms with Crippen LogP contribution < -0.4 is 5.32 Å². The third kappa shape index (κ3) is 3.16. The summed E-state index contributed by atoms with van der Waals surface area (Å²) < 4.78 is 5.39. The number of carboxylic acid groups (broad SMARTS) is 1. The Bertz CT molecular complexity index is 508. The summed E-state index contributed by atoms with van der Waals surface area (Å²) in [6.07, 6.45) is 0. The van der Waals surface area contributed by atoms with E-state index in [9.17, 15) is 14.7 Å². The van der Waals surface area contributed by atoms with Gasteiger partial charge in [0.25, 0.3) is 5.91 Å². The minimum absolute atomic E-state index is 0.408. The highest BCUT2D eigenvalue weighted by Crippen LogP contribution is 2.23. The minimum atomic E-state index is -1.05. The molecule has 0 radical (unpaired) electrons. The van der Waals surface area contributed by atoms with Crippen LogP contribution in [0.1, 0.15) is 48.2 Å².